The summed E-state index contributed by atoms with van der Waals surface area (Å²) in [5.41, 5.74) is 11.1. The van der Waals surface area contributed by atoms with Gasteiger partial charge < -0.3 is 10.8 Å². The van der Waals surface area contributed by atoms with E-state index in [0.29, 0.717) is 23.8 Å². The molecular weight excluding hydrogens is 300 g/mol. The molecule has 1 aliphatic rings. The fourth-order valence-corrected chi connectivity index (χ4v) is 2.56. The number of hydrogen-bond donors (Lipinski definition) is 2. The van der Waals surface area contributed by atoms with Crippen LogP contribution in [-0.4, -0.2) is 27.3 Å². The van der Waals surface area contributed by atoms with Gasteiger partial charge in [-0.15, -0.1) is 0 Å². The number of aromatic hydroxyl groups is 1. The van der Waals surface area contributed by atoms with Gasteiger partial charge in [-0.3, -0.25) is 9.98 Å². The summed E-state index contributed by atoms with van der Waals surface area (Å²) in [6.07, 6.45) is 1.51. The minimum atomic E-state index is 0.0332. The second kappa shape index (κ2) is 5.42. The number of aliphatic imine (C=N–C) groups is 1. The van der Waals surface area contributed by atoms with E-state index in [2.05, 4.69) is 15.0 Å². The number of halogens is 1. The van der Waals surface area contributed by atoms with Gasteiger partial charge in [-0.1, -0.05) is 11.6 Å². The van der Waals surface area contributed by atoms with Gasteiger partial charge in [-0.05, 0) is 37.6 Å². The molecule has 1 aromatic carbocycles. The van der Waals surface area contributed by atoms with Crippen LogP contribution in [0, 0.1) is 0 Å². The van der Waals surface area contributed by atoms with Crippen LogP contribution in [0.5, 0.6) is 5.75 Å². The minimum absolute atomic E-state index is 0.0332. The first-order valence-electron chi connectivity index (χ1n) is 6.80. The van der Waals surface area contributed by atoms with Crippen LogP contribution in [0.25, 0.3) is 16.8 Å². The van der Waals surface area contributed by atoms with Crippen LogP contribution in [-0.2, 0) is 0 Å². The summed E-state index contributed by atoms with van der Waals surface area (Å²) >= 11 is 6.00. The maximum atomic E-state index is 9.58. The number of nitrogens with zero attached hydrogens (tertiary/aromatic N) is 3. The molecule has 0 aliphatic carbocycles. The number of hydrogen-bond acceptors (Lipinski definition) is 5. The smallest absolute Gasteiger partial charge is 0.142 e. The van der Waals surface area contributed by atoms with Crippen molar-refractivity contribution in [1.29, 1.82) is 0 Å². The maximum Gasteiger partial charge on any atom is 0.142 e. The zero-order valence-electron chi connectivity index (χ0n) is 12.3. The quantitative estimate of drug-likeness (QED) is 0.890. The second-order valence-corrected chi connectivity index (χ2v) is 5.57. The third kappa shape index (κ3) is 2.44. The molecule has 1 aromatic heterocycles. The molecule has 22 heavy (non-hydrogen) atoms. The number of benzene rings is 1. The van der Waals surface area contributed by atoms with Gasteiger partial charge in [0.1, 0.15) is 11.6 Å². The molecule has 5 nitrogen and oxygen atoms in total. The minimum Gasteiger partial charge on any atom is -0.506 e. The number of phenols is 1. The average molecular weight is 315 g/mol. The first-order valence-corrected chi connectivity index (χ1v) is 7.18. The SMILES string of the molecule is CC1=NCC(c2nc(N)cnc2-c2ccc(O)c(Cl)c2)=C1C. The van der Waals surface area contributed by atoms with Crippen molar-refractivity contribution in [1.82, 2.24) is 9.97 Å². The van der Waals surface area contributed by atoms with Crippen LogP contribution < -0.4 is 5.73 Å². The third-order valence-electron chi connectivity index (χ3n) is 3.77. The molecule has 112 valence electrons. The molecule has 3 N–H and O–H groups in total. The van der Waals surface area contributed by atoms with Gasteiger partial charge in [0.2, 0.25) is 0 Å². The fourth-order valence-electron chi connectivity index (χ4n) is 2.38. The highest BCUT2D eigenvalue weighted by atomic mass is 35.5. The lowest BCUT2D eigenvalue weighted by Gasteiger charge is -2.11. The fraction of sp³-hybridized carbons (Fsp3) is 0.188. The van der Waals surface area contributed by atoms with E-state index in [4.69, 9.17) is 17.3 Å². The van der Waals surface area contributed by atoms with E-state index in [0.717, 1.165) is 22.4 Å². The molecule has 6 heteroatoms. The summed E-state index contributed by atoms with van der Waals surface area (Å²) in [6, 6.07) is 4.96. The van der Waals surface area contributed by atoms with E-state index in [1.807, 2.05) is 13.8 Å². The normalized spacial score (nSPS) is 14.4. The van der Waals surface area contributed by atoms with Crippen LogP contribution in [0.4, 0.5) is 5.82 Å². The van der Waals surface area contributed by atoms with E-state index in [1.54, 1.807) is 12.1 Å². The van der Waals surface area contributed by atoms with Crippen molar-refractivity contribution in [3.8, 4) is 17.0 Å². The highest BCUT2D eigenvalue weighted by Gasteiger charge is 2.20. The molecule has 0 radical (unpaired) electrons. The standard InChI is InChI=1S/C16H15ClN4O/c1-8-9(2)19-6-11(8)16-15(20-7-14(18)21-16)10-3-4-13(22)12(17)5-10/h3-5,7,22H,6H2,1-2H3,(H2,18,21). The summed E-state index contributed by atoms with van der Waals surface area (Å²) in [6.45, 7) is 4.55. The average Bonchev–Trinajstić information content (AvgIpc) is 2.82. The van der Waals surface area contributed by atoms with E-state index < -0.39 is 0 Å². The molecule has 0 saturated heterocycles. The number of nitrogen functional groups attached to an aromatic ring is 1. The largest absolute Gasteiger partial charge is 0.506 e. The van der Waals surface area contributed by atoms with Crippen LogP contribution in [0.3, 0.4) is 0 Å². The monoisotopic (exact) mass is 314 g/mol. The number of anilines is 1. The van der Waals surface area contributed by atoms with Gasteiger partial charge in [0.15, 0.2) is 0 Å². The second-order valence-electron chi connectivity index (χ2n) is 5.16. The van der Waals surface area contributed by atoms with Crippen molar-refractivity contribution in [3.05, 3.63) is 40.7 Å². The Bertz CT molecular complexity index is 827. The summed E-state index contributed by atoms with van der Waals surface area (Å²) in [5.74, 6) is 0.388. The van der Waals surface area contributed by atoms with Gasteiger partial charge in [-0.2, -0.15) is 0 Å². The Hall–Kier alpha value is -2.40. The lowest BCUT2D eigenvalue weighted by molar-refractivity contribution is 0.475. The van der Waals surface area contributed by atoms with E-state index in [-0.39, 0.29) is 10.8 Å². The van der Waals surface area contributed by atoms with Gasteiger partial charge in [-0.25, -0.2) is 4.98 Å². The van der Waals surface area contributed by atoms with Gasteiger partial charge in [0, 0.05) is 16.8 Å². The molecule has 0 saturated carbocycles. The molecule has 0 amide bonds. The number of nitrogens with two attached hydrogens (primary N) is 1. The molecule has 2 aromatic rings. The zero-order chi connectivity index (χ0) is 15.9. The molecule has 2 heterocycles. The van der Waals surface area contributed by atoms with E-state index >= 15 is 0 Å². The van der Waals surface area contributed by atoms with Crippen molar-refractivity contribution < 1.29 is 5.11 Å². The Labute approximate surface area is 133 Å². The Morgan fingerprint density at radius 1 is 1.23 bits per heavy atom. The van der Waals surface area contributed by atoms with Crippen LogP contribution in [0.2, 0.25) is 5.02 Å². The zero-order valence-corrected chi connectivity index (χ0v) is 13.0. The highest BCUT2D eigenvalue weighted by Crippen LogP contribution is 2.34. The number of rotatable bonds is 2. The topological polar surface area (TPSA) is 84.4 Å². The molecule has 0 unspecified atom stereocenters. The molecule has 0 bridgehead atoms. The Balaban J connectivity index is 2.19. The lowest BCUT2D eigenvalue weighted by atomic mass is 10.0. The van der Waals surface area contributed by atoms with Crippen LogP contribution in [0.1, 0.15) is 19.5 Å². The first kappa shape index (κ1) is 14.5. The first-order chi connectivity index (χ1) is 10.5. The predicted molar refractivity (Wildman–Crippen MR) is 89.1 cm³/mol. The van der Waals surface area contributed by atoms with Crippen molar-refractivity contribution in [2.45, 2.75) is 13.8 Å². The van der Waals surface area contributed by atoms with E-state index in [9.17, 15) is 5.11 Å². The Morgan fingerprint density at radius 2 is 2.00 bits per heavy atom. The van der Waals surface area contributed by atoms with Crippen molar-refractivity contribution in [3.63, 3.8) is 0 Å². The van der Waals surface area contributed by atoms with Crippen LogP contribution in [0.15, 0.2) is 35.0 Å². The Morgan fingerprint density at radius 3 is 2.64 bits per heavy atom. The predicted octanol–water partition coefficient (Wildman–Crippen LogP) is 3.33. The van der Waals surface area contributed by atoms with Crippen LogP contribution >= 0.6 is 11.6 Å². The van der Waals surface area contributed by atoms with Gasteiger partial charge in [0.05, 0.1) is 29.2 Å². The maximum absolute atomic E-state index is 9.58. The summed E-state index contributed by atoms with van der Waals surface area (Å²) in [5, 5.41) is 9.85. The molecular formula is C16H15ClN4O. The number of phenolic OH excluding ortho intramolecular Hbond substituents is 1. The molecule has 0 atom stereocenters. The summed E-state index contributed by atoms with van der Waals surface area (Å²) in [4.78, 5) is 13.3. The summed E-state index contributed by atoms with van der Waals surface area (Å²) in [7, 11) is 0. The highest BCUT2D eigenvalue weighted by molar-refractivity contribution is 6.32. The van der Waals surface area contributed by atoms with Crippen molar-refractivity contribution in [2.24, 2.45) is 4.99 Å². The lowest BCUT2D eigenvalue weighted by Crippen LogP contribution is -2.03. The third-order valence-corrected chi connectivity index (χ3v) is 4.07. The van der Waals surface area contributed by atoms with Crippen molar-refractivity contribution >= 4 is 28.7 Å². The van der Waals surface area contributed by atoms with Crippen molar-refractivity contribution in [2.75, 3.05) is 12.3 Å². The molecule has 0 spiro atoms. The van der Waals surface area contributed by atoms with E-state index in [1.165, 1.54) is 12.3 Å². The summed E-state index contributed by atoms with van der Waals surface area (Å²) < 4.78 is 0. The molecule has 0 fully saturated rings. The Kier molecular flexibility index (Phi) is 3.58. The molecule has 3 rings (SSSR count). The van der Waals surface area contributed by atoms with Gasteiger partial charge >= 0.3 is 0 Å². The number of allylic oxidation sites excluding steroid dienone is 1. The molecule has 1 aliphatic heterocycles. The number of aromatic nitrogens is 2. The van der Waals surface area contributed by atoms with Gasteiger partial charge in [0.25, 0.3) is 0 Å².